The molecule has 5 nitrogen and oxygen atoms in total. The van der Waals surface area contributed by atoms with Gasteiger partial charge in [-0.15, -0.1) is 0 Å². The first kappa shape index (κ1) is 14.8. The van der Waals surface area contributed by atoms with Gasteiger partial charge < -0.3 is 4.74 Å². The number of benzene rings is 1. The zero-order valence-electron chi connectivity index (χ0n) is 11.8. The summed E-state index contributed by atoms with van der Waals surface area (Å²) < 4.78 is 4.90. The maximum Gasteiger partial charge on any atom is 0.305 e. The summed E-state index contributed by atoms with van der Waals surface area (Å²) in [4.78, 5) is 24.6. The number of rotatable bonds is 4. The summed E-state index contributed by atoms with van der Waals surface area (Å²) in [5, 5.41) is 9.35. The average Bonchev–Trinajstić information content (AvgIpc) is 2.53. The van der Waals surface area contributed by atoms with Crippen LogP contribution in [0.1, 0.15) is 36.9 Å². The largest absolute Gasteiger partial charge is 0.465 e. The molecule has 1 aromatic carbocycles. The van der Waals surface area contributed by atoms with Crippen LogP contribution >= 0.6 is 0 Å². The summed E-state index contributed by atoms with van der Waals surface area (Å²) in [7, 11) is 0. The molecular formula is C16H16N2O3. The van der Waals surface area contributed by atoms with Gasteiger partial charge in [-0.25, -0.2) is 0 Å². The molecule has 0 fully saturated rings. The quantitative estimate of drug-likeness (QED) is 0.796. The zero-order chi connectivity index (χ0) is 15.2. The minimum absolute atomic E-state index is 0.0373. The van der Waals surface area contributed by atoms with Crippen LogP contribution in [0.4, 0.5) is 0 Å². The third-order valence-electron chi connectivity index (χ3n) is 3.26. The van der Waals surface area contributed by atoms with Crippen LogP contribution < -0.4 is 0 Å². The number of nitrogens with zero attached hydrogens (tertiary/aromatic N) is 2. The van der Waals surface area contributed by atoms with E-state index >= 15 is 0 Å². The smallest absolute Gasteiger partial charge is 0.305 e. The molecule has 1 aliphatic rings. The molecule has 0 spiro atoms. The molecule has 108 valence electrons. The lowest BCUT2D eigenvalue weighted by atomic mass is 9.97. The molecule has 0 saturated carbocycles. The second-order valence-electron chi connectivity index (χ2n) is 4.60. The molecule has 0 radical (unpaired) electrons. The van der Waals surface area contributed by atoms with Gasteiger partial charge in [-0.2, -0.15) is 5.26 Å². The Labute approximate surface area is 123 Å². The Balaban J connectivity index is 2.06. The zero-order valence-corrected chi connectivity index (χ0v) is 11.8. The van der Waals surface area contributed by atoms with E-state index in [1.807, 2.05) is 24.3 Å². The fourth-order valence-electron chi connectivity index (χ4n) is 2.15. The Morgan fingerprint density at radius 1 is 1.38 bits per heavy atom. The number of esters is 1. The number of carbonyl (C=O) groups excluding carboxylic acids is 2. The Morgan fingerprint density at radius 3 is 2.86 bits per heavy atom. The predicted molar refractivity (Wildman–Crippen MR) is 76.5 cm³/mol. The minimum Gasteiger partial charge on any atom is -0.465 e. The number of ether oxygens (including phenoxy) is 1. The van der Waals surface area contributed by atoms with E-state index in [0.29, 0.717) is 0 Å². The minimum atomic E-state index is -0.638. The van der Waals surface area contributed by atoms with Gasteiger partial charge in [0.05, 0.1) is 12.5 Å². The lowest BCUT2D eigenvalue weighted by Crippen LogP contribution is -2.32. The highest BCUT2D eigenvalue weighted by atomic mass is 16.5. The highest BCUT2D eigenvalue weighted by Gasteiger charge is 2.27. The number of fused-ring (bicyclic) bond motifs is 1. The van der Waals surface area contributed by atoms with Crippen molar-refractivity contribution in [3.05, 3.63) is 41.6 Å². The Kier molecular flexibility index (Phi) is 4.72. The molecule has 21 heavy (non-hydrogen) atoms. The standard InChI is InChI=1S/C16H16N2O3/c1-2-16(20)21-10-8-15(19)18-9-7-12-5-3-4-6-13(12)14(18)11-17/h3-7,9,14H,2,8,10H2,1H3/t14-/m0/s1. The molecule has 0 aromatic heterocycles. The van der Waals surface area contributed by atoms with E-state index < -0.39 is 6.04 Å². The highest BCUT2D eigenvalue weighted by Crippen LogP contribution is 2.29. The second-order valence-corrected chi connectivity index (χ2v) is 4.60. The first-order valence-electron chi connectivity index (χ1n) is 6.81. The number of hydrogen-bond donors (Lipinski definition) is 0. The number of nitriles is 1. The van der Waals surface area contributed by atoms with Crippen LogP contribution in [0.5, 0.6) is 0 Å². The first-order valence-corrected chi connectivity index (χ1v) is 6.81. The second kappa shape index (κ2) is 6.71. The van der Waals surface area contributed by atoms with Crippen molar-refractivity contribution in [1.82, 2.24) is 4.90 Å². The maximum absolute atomic E-state index is 12.2. The van der Waals surface area contributed by atoms with Gasteiger partial charge in [-0.3, -0.25) is 14.5 Å². The molecule has 2 rings (SSSR count). The van der Waals surface area contributed by atoms with Crippen LogP contribution in [0, 0.1) is 11.3 Å². The summed E-state index contributed by atoms with van der Waals surface area (Å²) in [6.07, 6.45) is 3.77. The SMILES string of the molecule is CCC(=O)OCCC(=O)N1C=Cc2ccccc2[C@@H]1C#N. The third kappa shape index (κ3) is 3.29. The molecule has 0 unspecified atom stereocenters. The highest BCUT2D eigenvalue weighted by molar-refractivity contribution is 5.81. The predicted octanol–water partition coefficient (Wildman–Crippen LogP) is 2.41. The molecular weight excluding hydrogens is 268 g/mol. The van der Waals surface area contributed by atoms with Crippen molar-refractivity contribution in [2.75, 3.05) is 6.61 Å². The number of hydrogen-bond acceptors (Lipinski definition) is 4. The van der Waals surface area contributed by atoms with Crippen molar-refractivity contribution in [2.45, 2.75) is 25.8 Å². The molecule has 1 aliphatic heterocycles. The molecule has 0 saturated heterocycles. The van der Waals surface area contributed by atoms with Gasteiger partial charge in [-0.1, -0.05) is 31.2 Å². The summed E-state index contributed by atoms with van der Waals surface area (Å²) in [6.45, 7) is 1.73. The van der Waals surface area contributed by atoms with Gasteiger partial charge in [0.25, 0.3) is 0 Å². The Bertz CT molecular complexity index is 616. The number of amides is 1. The van der Waals surface area contributed by atoms with Crippen molar-refractivity contribution in [3.8, 4) is 6.07 Å². The fraction of sp³-hybridized carbons (Fsp3) is 0.312. The van der Waals surface area contributed by atoms with Gasteiger partial charge in [-0.05, 0) is 17.2 Å². The van der Waals surface area contributed by atoms with Crippen molar-refractivity contribution in [3.63, 3.8) is 0 Å². The van der Waals surface area contributed by atoms with Crippen molar-refractivity contribution in [2.24, 2.45) is 0 Å². The molecule has 1 amide bonds. The van der Waals surface area contributed by atoms with E-state index in [1.165, 1.54) is 4.90 Å². The van der Waals surface area contributed by atoms with Crippen LogP contribution in [0.25, 0.3) is 6.08 Å². The van der Waals surface area contributed by atoms with Gasteiger partial charge in [0.15, 0.2) is 0 Å². The van der Waals surface area contributed by atoms with Gasteiger partial charge >= 0.3 is 5.97 Å². The third-order valence-corrected chi connectivity index (χ3v) is 3.26. The van der Waals surface area contributed by atoms with Crippen LogP contribution in [-0.4, -0.2) is 23.4 Å². The van der Waals surface area contributed by atoms with Crippen LogP contribution in [0.2, 0.25) is 0 Å². The van der Waals surface area contributed by atoms with E-state index in [0.717, 1.165) is 11.1 Å². The monoisotopic (exact) mass is 284 g/mol. The summed E-state index contributed by atoms with van der Waals surface area (Å²) in [5.41, 5.74) is 1.74. The van der Waals surface area contributed by atoms with E-state index in [-0.39, 0.29) is 31.3 Å². The molecule has 1 heterocycles. The lowest BCUT2D eigenvalue weighted by molar-refractivity contribution is -0.144. The molecule has 0 bridgehead atoms. The van der Waals surface area contributed by atoms with E-state index in [4.69, 9.17) is 4.74 Å². The lowest BCUT2D eigenvalue weighted by Gasteiger charge is -2.28. The topological polar surface area (TPSA) is 70.4 Å². The summed E-state index contributed by atoms with van der Waals surface area (Å²) in [5.74, 6) is -0.574. The molecule has 5 heteroatoms. The van der Waals surface area contributed by atoms with Gasteiger partial charge in [0.1, 0.15) is 12.6 Å². The first-order chi connectivity index (χ1) is 10.2. The Hall–Kier alpha value is -2.61. The number of carbonyl (C=O) groups is 2. The summed E-state index contributed by atoms with van der Waals surface area (Å²) in [6, 6.07) is 8.98. The fourth-order valence-corrected chi connectivity index (χ4v) is 2.15. The van der Waals surface area contributed by atoms with Gasteiger partial charge in [0, 0.05) is 12.6 Å². The van der Waals surface area contributed by atoms with E-state index in [2.05, 4.69) is 6.07 Å². The van der Waals surface area contributed by atoms with Crippen molar-refractivity contribution >= 4 is 18.0 Å². The van der Waals surface area contributed by atoms with E-state index in [9.17, 15) is 14.9 Å². The van der Waals surface area contributed by atoms with Gasteiger partial charge in [0.2, 0.25) is 5.91 Å². The molecule has 0 N–H and O–H groups in total. The molecule has 1 atom stereocenters. The molecule has 0 aliphatic carbocycles. The van der Waals surface area contributed by atoms with Crippen LogP contribution in [-0.2, 0) is 14.3 Å². The van der Waals surface area contributed by atoms with Crippen LogP contribution in [0.15, 0.2) is 30.5 Å². The van der Waals surface area contributed by atoms with E-state index in [1.54, 1.807) is 19.2 Å². The maximum atomic E-state index is 12.2. The molecule has 1 aromatic rings. The van der Waals surface area contributed by atoms with Crippen molar-refractivity contribution < 1.29 is 14.3 Å². The normalized spacial score (nSPS) is 16.0. The van der Waals surface area contributed by atoms with Crippen LogP contribution in [0.3, 0.4) is 0 Å². The summed E-state index contributed by atoms with van der Waals surface area (Å²) >= 11 is 0. The Morgan fingerprint density at radius 2 is 2.14 bits per heavy atom. The van der Waals surface area contributed by atoms with Crippen molar-refractivity contribution in [1.29, 1.82) is 5.26 Å². The average molecular weight is 284 g/mol.